The van der Waals surface area contributed by atoms with Crippen LogP contribution in [0.15, 0.2) is 16.7 Å². The van der Waals surface area contributed by atoms with Gasteiger partial charge in [0.05, 0.1) is 13.4 Å². The minimum absolute atomic E-state index is 0.300. The molecule has 0 aromatic carbocycles. The number of nitrogens with one attached hydrogen (secondary N) is 1. The number of rotatable bonds is 4. The lowest BCUT2D eigenvalue weighted by Crippen LogP contribution is -2.43. The molecule has 5 nitrogen and oxygen atoms in total. The van der Waals surface area contributed by atoms with Gasteiger partial charge in [-0.2, -0.15) is 0 Å². The highest BCUT2D eigenvalue weighted by molar-refractivity contribution is 5.87. The third-order valence-electron chi connectivity index (χ3n) is 3.32. The molecule has 1 saturated heterocycles. The molecule has 100 valence electrons. The first-order valence-corrected chi connectivity index (χ1v) is 6.27. The number of furan rings is 1. The number of ether oxygens (including phenoxy) is 1. The molecule has 2 rings (SSSR count). The van der Waals surface area contributed by atoms with E-state index in [-0.39, 0.29) is 0 Å². The number of hydrogen-bond donors (Lipinski definition) is 1. The van der Waals surface area contributed by atoms with Crippen LogP contribution in [0.2, 0.25) is 0 Å². The maximum atomic E-state index is 11.4. The molecular weight excluding hydrogens is 232 g/mol. The van der Waals surface area contributed by atoms with Gasteiger partial charge in [-0.1, -0.05) is 0 Å². The van der Waals surface area contributed by atoms with Gasteiger partial charge in [-0.3, -0.25) is 0 Å². The van der Waals surface area contributed by atoms with Crippen molar-refractivity contribution in [3.8, 4) is 0 Å². The van der Waals surface area contributed by atoms with Crippen molar-refractivity contribution in [2.45, 2.75) is 25.4 Å². The van der Waals surface area contributed by atoms with E-state index in [1.165, 1.54) is 26.2 Å². The molecule has 1 N–H and O–H groups in total. The van der Waals surface area contributed by atoms with Gasteiger partial charge >= 0.3 is 5.97 Å². The third kappa shape index (κ3) is 3.11. The van der Waals surface area contributed by atoms with Crippen LogP contribution in [-0.4, -0.2) is 44.2 Å². The minimum atomic E-state index is -0.419. The quantitative estimate of drug-likeness (QED) is 0.817. The summed E-state index contributed by atoms with van der Waals surface area (Å²) in [6.07, 6.45) is 3.91. The van der Waals surface area contributed by atoms with E-state index in [0.29, 0.717) is 18.3 Å². The van der Waals surface area contributed by atoms with Crippen LogP contribution in [0.3, 0.4) is 0 Å². The lowest BCUT2D eigenvalue weighted by molar-refractivity contribution is 0.0563. The minimum Gasteiger partial charge on any atom is -0.463 e. The summed E-state index contributed by atoms with van der Waals surface area (Å²) in [7, 11) is 3.49. The van der Waals surface area contributed by atoms with Crippen LogP contribution in [0.1, 0.15) is 29.0 Å². The predicted molar refractivity (Wildman–Crippen MR) is 67.4 cm³/mol. The summed E-state index contributed by atoms with van der Waals surface area (Å²) in [6, 6.07) is 2.29. The second-order valence-electron chi connectivity index (χ2n) is 4.75. The van der Waals surface area contributed by atoms with Gasteiger partial charge in [0, 0.05) is 24.7 Å². The second-order valence-corrected chi connectivity index (χ2v) is 4.75. The summed E-state index contributed by atoms with van der Waals surface area (Å²) in [4.78, 5) is 13.8. The summed E-state index contributed by atoms with van der Waals surface area (Å²) < 4.78 is 9.83. The van der Waals surface area contributed by atoms with Crippen molar-refractivity contribution >= 4 is 5.97 Å². The normalized spacial score (nSPS) is 20.9. The molecule has 1 aromatic heterocycles. The molecule has 5 heteroatoms. The van der Waals surface area contributed by atoms with Crippen LogP contribution in [0.4, 0.5) is 0 Å². The van der Waals surface area contributed by atoms with Crippen LogP contribution >= 0.6 is 0 Å². The van der Waals surface area contributed by atoms with E-state index >= 15 is 0 Å². The highest BCUT2D eigenvalue weighted by Crippen LogP contribution is 2.13. The number of carbonyl (C=O) groups excluding carboxylic acids is 1. The van der Waals surface area contributed by atoms with Crippen molar-refractivity contribution in [3.63, 3.8) is 0 Å². The van der Waals surface area contributed by atoms with Gasteiger partial charge in [0.25, 0.3) is 0 Å². The van der Waals surface area contributed by atoms with Gasteiger partial charge in [0.1, 0.15) is 0 Å². The molecule has 1 aromatic rings. The zero-order valence-electron chi connectivity index (χ0n) is 10.9. The van der Waals surface area contributed by atoms with Crippen LogP contribution in [0, 0.1) is 0 Å². The van der Waals surface area contributed by atoms with Crippen LogP contribution in [0.25, 0.3) is 0 Å². The van der Waals surface area contributed by atoms with Gasteiger partial charge in [-0.05, 0) is 32.5 Å². The van der Waals surface area contributed by atoms with Crippen molar-refractivity contribution < 1.29 is 13.9 Å². The highest BCUT2D eigenvalue weighted by atomic mass is 16.5. The summed E-state index contributed by atoms with van der Waals surface area (Å²) in [5, 5.41) is 3.46. The lowest BCUT2D eigenvalue weighted by atomic mass is 10.1. The fraction of sp³-hybridized carbons (Fsp3) is 0.615. The molecule has 0 bridgehead atoms. The Labute approximate surface area is 107 Å². The topological polar surface area (TPSA) is 54.7 Å². The average molecular weight is 252 g/mol. The molecule has 18 heavy (non-hydrogen) atoms. The standard InChI is InChI=1S/C13H20N2O3/c1-15-6-3-4-11(9-15)14-8-10-5-7-18-12(10)13(16)17-2/h5,7,11,14H,3-4,6,8-9H2,1-2H3. The van der Waals surface area contributed by atoms with Crippen LogP contribution in [0.5, 0.6) is 0 Å². The van der Waals surface area contributed by atoms with Crippen molar-refractivity contribution in [3.05, 3.63) is 23.7 Å². The van der Waals surface area contributed by atoms with Crippen molar-refractivity contribution in [2.75, 3.05) is 27.2 Å². The Balaban J connectivity index is 1.90. The largest absolute Gasteiger partial charge is 0.463 e. The van der Waals surface area contributed by atoms with Crippen molar-refractivity contribution in [1.82, 2.24) is 10.2 Å². The van der Waals surface area contributed by atoms with E-state index in [0.717, 1.165) is 18.7 Å². The van der Waals surface area contributed by atoms with E-state index in [9.17, 15) is 4.79 Å². The number of nitrogens with zero attached hydrogens (tertiary/aromatic N) is 1. The molecule has 0 amide bonds. The molecule has 0 aliphatic carbocycles. The number of esters is 1. The second kappa shape index (κ2) is 6.02. The number of carbonyl (C=O) groups is 1. The molecule has 0 spiro atoms. The van der Waals surface area contributed by atoms with E-state index in [4.69, 9.17) is 4.42 Å². The Hall–Kier alpha value is -1.33. The summed E-state index contributed by atoms with van der Waals surface area (Å²) >= 11 is 0. The number of hydrogen-bond acceptors (Lipinski definition) is 5. The van der Waals surface area contributed by atoms with Gasteiger partial charge in [0.15, 0.2) is 0 Å². The maximum absolute atomic E-state index is 11.4. The Morgan fingerprint density at radius 1 is 1.67 bits per heavy atom. The molecule has 0 saturated carbocycles. The zero-order valence-corrected chi connectivity index (χ0v) is 10.9. The van der Waals surface area contributed by atoms with E-state index in [2.05, 4.69) is 22.0 Å². The van der Waals surface area contributed by atoms with Gasteiger partial charge < -0.3 is 19.4 Å². The Kier molecular flexibility index (Phi) is 4.38. The van der Waals surface area contributed by atoms with Crippen LogP contribution in [-0.2, 0) is 11.3 Å². The first-order valence-electron chi connectivity index (χ1n) is 6.27. The third-order valence-corrected chi connectivity index (χ3v) is 3.32. The van der Waals surface area contributed by atoms with Gasteiger partial charge in [-0.15, -0.1) is 0 Å². The smallest absolute Gasteiger partial charge is 0.374 e. The monoisotopic (exact) mass is 252 g/mol. The molecular formula is C13H20N2O3. The highest BCUT2D eigenvalue weighted by Gasteiger charge is 2.19. The Bertz CT molecular complexity index is 403. The molecule has 1 aliphatic heterocycles. The van der Waals surface area contributed by atoms with Crippen molar-refractivity contribution in [1.29, 1.82) is 0 Å². The lowest BCUT2D eigenvalue weighted by Gasteiger charge is -2.30. The SMILES string of the molecule is COC(=O)c1occc1CNC1CCCN(C)C1. The van der Waals surface area contributed by atoms with E-state index < -0.39 is 5.97 Å². The molecule has 0 radical (unpaired) electrons. The summed E-state index contributed by atoms with van der Waals surface area (Å²) in [5.74, 6) is -0.119. The number of methoxy groups -OCH3 is 1. The first-order chi connectivity index (χ1) is 8.70. The molecule has 1 unspecified atom stereocenters. The maximum Gasteiger partial charge on any atom is 0.374 e. The Morgan fingerprint density at radius 2 is 2.50 bits per heavy atom. The van der Waals surface area contributed by atoms with E-state index in [1.54, 1.807) is 0 Å². The average Bonchev–Trinajstić information content (AvgIpc) is 2.84. The zero-order chi connectivity index (χ0) is 13.0. The van der Waals surface area contributed by atoms with Gasteiger partial charge in [0.2, 0.25) is 5.76 Å². The van der Waals surface area contributed by atoms with Crippen LogP contribution < -0.4 is 5.32 Å². The molecule has 1 atom stereocenters. The summed E-state index contributed by atoms with van der Waals surface area (Å²) in [6.45, 7) is 2.85. The first kappa shape index (κ1) is 13.1. The Morgan fingerprint density at radius 3 is 3.22 bits per heavy atom. The molecule has 1 fully saturated rings. The fourth-order valence-electron chi connectivity index (χ4n) is 2.33. The number of likely N-dealkylation sites (N-methyl/N-ethyl adjacent to an activating group) is 1. The van der Waals surface area contributed by atoms with Gasteiger partial charge in [-0.25, -0.2) is 4.79 Å². The number of likely N-dealkylation sites (tertiary alicyclic amines) is 1. The fourth-order valence-corrected chi connectivity index (χ4v) is 2.33. The predicted octanol–water partition coefficient (Wildman–Crippen LogP) is 1.25. The van der Waals surface area contributed by atoms with E-state index in [1.807, 2.05) is 6.07 Å². The molecule has 1 aliphatic rings. The molecule has 2 heterocycles. The summed E-state index contributed by atoms with van der Waals surface area (Å²) in [5.41, 5.74) is 0.857. The van der Waals surface area contributed by atoms with Crippen molar-refractivity contribution in [2.24, 2.45) is 0 Å². The number of piperidine rings is 1.